The smallest absolute Gasteiger partial charge is 0.318 e. The summed E-state index contributed by atoms with van der Waals surface area (Å²) >= 11 is 0. The SMILES string of the molecule is O=C1NCOCN1.[Fe]. The maximum atomic E-state index is 10.2. The molecule has 8 heavy (non-hydrogen) atoms. The molecule has 0 unspecified atom stereocenters. The zero-order valence-electron chi connectivity index (χ0n) is 4.08. The molecule has 0 atom stereocenters. The van der Waals surface area contributed by atoms with Crippen LogP contribution in [0.25, 0.3) is 0 Å². The number of rotatable bonds is 0. The summed E-state index contributed by atoms with van der Waals surface area (Å²) in [6.45, 7) is 0.650. The third-order valence-electron chi connectivity index (χ3n) is 0.670. The number of urea groups is 1. The van der Waals surface area contributed by atoms with Crippen LogP contribution in [-0.2, 0) is 21.8 Å². The summed E-state index contributed by atoms with van der Waals surface area (Å²) < 4.78 is 4.70. The molecule has 1 heterocycles. The van der Waals surface area contributed by atoms with E-state index in [1.807, 2.05) is 0 Å². The molecule has 5 heteroatoms. The predicted octanol–water partition coefficient (Wildman–Crippen LogP) is -0.772. The Morgan fingerprint density at radius 2 is 1.88 bits per heavy atom. The minimum Gasteiger partial charge on any atom is -0.341 e. The summed E-state index contributed by atoms with van der Waals surface area (Å²) in [5.74, 6) is 0. The first-order chi connectivity index (χ1) is 3.39. The standard InChI is InChI=1S/C3H6N2O2.Fe/c6-3-4-1-7-2-5-3;/h1-2H2,(H2,4,5,6);. The minimum absolute atomic E-state index is 0. The summed E-state index contributed by atoms with van der Waals surface area (Å²) in [5.41, 5.74) is 0. The van der Waals surface area contributed by atoms with Gasteiger partial charge in [0.05, 0.1) is 0 Å². The van der Waals surface area contributed by atoms with E-state index >= 15 is 0 Å². The van der Waals surface area contributed by atoms with Gasteiger partial charge < -0.3 is 15.4 Å². The van der Waals surface area contributed by atoms with Gasteiger partial charge >= 0.3 is 6.03 Å². The van der Waals surface area contributed by atoms with E-state index in [1.165, 1.54) is 0 Å². The summed E-state index contributed by atoms with van der Waals surface area (Å²) in [5, 5.41) is 4.82. The minimum atomic E-state index is -0.161. The molecule has 0 aromatic heterocycles. The summed E-state index contributed by atoms with van der Waals surface area (Å²) in [6.07, 6.45) is 0. The van der Waals surface area contributed by atoms with E-state index in [0.717, 1.165) is 0 Å². The number of carbonyl (C=O) groups is 1. The van der Waals surface area contributed by atoms with Crippen LogP contribution < -0.4 is 10.6 Å². The predicted molar refractivity (Wildman–Crippen MR) is 22.5 cm³/mol. The monoisotopic (exact) mass is 158 g/mol. The van der Waals surface area contributed by atoms with Gasteiger partial charge in [-0.25, -0.2) is 4.79 Å². The van der Waals surface area contributed by atoms with Crippen LogP contribution >= 0.6 is 0 Å². The maximum absolute atomic E-state index is 10.2. The van der Waals surface area contributed by atoms with Gasteiger partial charge in [-0.2, -0.15) is 0 Å². The molecule has 0 aromatic rings. The Morgan fingerprint density at radius 3 is 2.12 bits per heavy atom. The summed E-state index contributed by atoms with van der Waals surface area (Å²) in [6, 6.07) is -0.161. The number of nitrogens with one attached hydrogen (secondary N) is 2. The molecule has 0 aromatic carbocycles. The van der Waals surface area contributed by atoms with Gasteiger partial charge in [0.15, 0.2) is 0 Å². The van der Waals surface area contributed by atoms with Crippen LogP contribution in [0.1, 0.15) is 0 Å². The second-order valence-electron chi connectivity index (χ2n) is 1.18. The van der Waals surface area contributed by atoms with Crippen molar-refractivity contribution in [2.75, 3.05) is 13.5 Å². The Morgan fingerprint density at radius 1 is 1.38 bits per heavy atom. The van der Waals surface area contributed by atoms with Crippen LogP contribution in [0.2, 0.25) is 0 Å². The zero-order valence-corrected chi connectivity index (χ0v) is 5.19. The molecule has 2 amide bonds. The van der Waals surface area contributed by atoms with Gasteiger partial charge in [-0.1, -0.05) is 0 Å². The van der Waals surface area contributed by atoms with Crippen LogP contribution in [0.4, 0.5) is 4.79 Å². The molecule has 2 N–H and O–H groups in total. The van der Waals surface area contributed by atoms with Crippen LogP contribution in [0, 0.1) is 0 Å². The molecule has 0 radical (unpaired) electrons. The van der Waals surface area contributed by atoms with Crippen molar-refractivity contribution in [3.63, 3.8) is 0 Å². The fraction of sp³-hybridized carbons (Fsp3) is 0.667. The van der Waals surface area contributed by atoms with E-state index in [-0.39, 0.29) is 23.1 Å². The van der Waals surface area contributed by atoms with Crippen molar-refractivity contribution in [1.82, 2.24) is 10.6 Å². The van der Waals surface area contributed by atoms with Gasteiger partial charge in [-0.05, 0) is 0 Å². The third kappa shape index (κ3) is 2.16. The molecular weight excluding hydrogens is 152 g/mol. The Labute approximate surface area is 57.4 Å². The molecule has 0 saturated carbocycles. The molecule has 4 nitrogen and oxygen atoms in total. The van der Waals surface area contributed by atoms with Gasteiger partial charge in [-0.3, -0.25) is 0 Å². The van der Waals surface area contributed by atoms with Crippen molar-refractivity contribution in [1.29, 1.82) is 0 Å². The topological polar surface area (TPSA) is 50.4 Å². The Hall–Kier alpha value is -0.251. The number of hydrogen-bond donors (Lipinski definition) is 2. The molecule has 1 fully saturated rings. The van der Waals surface area contributed by atoms with E-state index in [2.05, 4.69) is 10.6 Å². The van der Waals surface area contributed by atoms with Crippen molar-refractivity contribution < 1.29 is 26.6 Å². The van der Waals surface area contributed by atoms with Gasteiger partial charge in [0, 0.05) is 17.1 Å². The van der Waals surface area contributed by atoms with Crippen LogP contribution in [0.5, 0.6) is 0 Å². The third-order valence-corrected chi connectivity index (χ3v) is 0.670. The zero-order chi connectivity index (χ0) is 5.11. The number of ether oxygens (including phenoxy) is 1. The van der Waals surface area contributed by atoms with E-state index in [0.29, 0.717) is 13.5 Å². The van der Waals surface area contributed by atoms with Crippen LogP contribution in [-0.4, -0.2) is 19.5 Å². The van der Waals surface area contributed by atoms with Crippen molar-refractivity contribution in [3.05, 3.63) is 0 Å². The van der Waals surface area contributed by atoms with E-state index in [9.17, 15) is 4.79 Å². The second-order valence-corrected chi connectivity index (χ2v) is 1.18. The maximum Gasteiger partial charge on any atom is 0.318 e. The van der Waals surface area contributed by atoms with Crippen molar-refractivity contribution in [2.24, 2.45) is 0 Å². The van der Waals surface area contributed by atoms with Crippen LogP contribution in [0.3, 0.4) is 0 Å². The van der Waals surface area contributed by atoms with Gasteiger partial charge in [0.25, 0.3) is 0 Å². The second kappa shape index (κ2) is 3.72. The quantitative estimate of drug-likeness (QED) is 0.454. The largest absolute Gasteiger partial charge is 0.341 e. The van der Waals surface area contributed by atoms with Crippen LogP contribution in [0.15, 0.2) is 0 Å². The van der Waals surface area contributed by atoms with E-state index in [1.54, 1.807) is 0 Å². The van der Waals surface area contributed by atoms with Gasteiger partial charge in [0.2, 0.25) is 0 Å². The molecule has 1 saturated heterocycles. The molecular formula is C3H6FeN2O2. The summed E-state index contributed by atoms with van der Waals surface area (Å²) in [7, 11) is 0. The number of amides is 2. The molecule has 1 aliphatic heterocycles. The Balaban J connectivity index is 0.000000490. The van der Waals surface area contributed by atoms with Crippen molar-refractivity contribution in [3.8, 4) is 0 Å². The fourth-order valence-electron chi connectivity index (χ4n) is 0.347. The average Bonchev–Trinajstić information content (AvgIpc) is 1.69. The Bertz CT molecular complexity index is 79.4. The molecule has 0 aliphatic carbocycles. The van der Waals surface area contributed by atoms with Crippen molar-refractivity contribution in [2.45, 2.75) is 0 Å². The molecule has 0 spiro atoms. The van der Waals surface area contributed by atoms with E-state index < -0.39 is 0 Å². The molecule has 0 bridgehead atoms. The fourth-order valence-corrected chi connectivity index (χ4v) is 0.347. The molecule has 48 valence electrons. The number of hydrogen-bond acceptors (Lipinski definition) is 2. The average molecular weight is 158 g/mol. The first-order valence-corrected chi connectivity index (χ1v) is 1.99. The molecule has 1 rings (SSSR count). The first kappa shape index (κ1) is 7.75. The van der Waals surface area contributed by atoms with Crippen molar-refractivity contribution >= 4 is 6.03 Å². The first-order valence-electron chi connectivity index (χ1n) is 1.99. The van der Waals surface area contributed by atoms with Gasteiger partial charge in [-0.15, -0.1) is 0 Å². The molecule has 1 aliphatic rings. The summed E-state index contributed by atoms with van der Waals surface area (Å²) in [4.78, 5) is 10.2. The number of carbonyl (C=O) groups excluding carboxylic acids is 1. The van der Waals surface area contributed by atoms with E-state index in [4.69, 9.17) is 4.74 Å². The Kier molecular flexibility index (Phi) is 3.60. The van der Waals surface area contributed by atoms with Gasteiger partial charge in [0.1, 0.15) is 13.5 Å². The normalized spacial score (nSPS) is 17.8.